The summed E-state index contributed by atoms with van der Waals surface area (Å²) < 4.78 is 0. The van der Waals surface area contributed by atoms with Gasteiger partial charge in [0.2, 0.25) is 0 Å². The second kappa shape index (κ2) is 7.70. The van der Waals surface area contributed by atoms with Gasteiger partial charge < -0.3 is 10.2 Å². The number of nitrogens with zero attached hydrogens (tertiary/aromatic N) is 1. The van der Waals surface area contributed by atoms with Crippen LogP contribution in [0.4, 0.5) is 0 Å². The number of hydrogen-bond acceptors (Lipinski definition) is 3. The van der Waals surface area contributed by atoms with Crippen LogP contribution in [0.15, 0.2) is 48.5 Å². The first-order chi connectivity index (χ1) is 10.2. The van der Waals surface area contributed by atoms with Gasteiger partial charge in [-0.3, -0.25) is 4.90 Å². The number of phenolic OH excluding ortho intramolecular Hbond substituents is 2. The quantitative estimate of drug-likeness (QED) is 0.765. The third-order valence-corrected chi connectivity index (χ3v) is 3.55. The van der Waals surface area contributed by atoms with Crippen LogP contribution in [0.5, 0.6) is 11.5 Å². The van der Waals surface area contributed by atoms with Gasteiger partial charge in [-0.15, -0.1) is 0 Å². The van der Waals surface area contributed by atoms with E-state index in [2.05, 4.69) is 36.1 Å². The van der Waals surface area contributed by atoms with Crippen molar-refractivity contribution in [2.45, 2.75) is 26.3 Å². The predicted octanol–water partition coefficient (Wildman–Crippen LogP) is 3.55. The van der Waals surface area contributed by atoms with Crippen molar-refractivity contribution in [3.05, 3.63) is 59.7 Å². The fraction of sp³-hybridized carbons (Fsp3) is 0.333. The lowest BCUT2D eigenvalue weighted by Gasteiger charge is -2.22. The molecule has 0 bridgehead atoms. The van der Waals surface area contributed by atoms with E-state index in [4.69, 9.17) is 0 Å². The molecule has 0 amide bonds. The molecule has 2 aromatic carbocycles. The molecule has 0 saturated carbocycles. The molecule has 0 aliphatic rings. The van der Waals surface area contributed by atoms with Crippen LogP contribution in [-0.2, 0) is 13.0 Å². The largest absolute Gasteiger partial charge is 0.504 e. The molecule has 0 spiro atoms. The van der Waals surface area contributed by atoms with Gasteiger partial charge >= 0.3 is 0 Å². The fourth-order valence-corrected chi connectivity index (χ4v) is 2.44. The highest BCUT2D eigenvalue weighted by molar-refractivity contribution is 5.40. The first-order valence-electron chi connectivity index (χ1n) is 7.46. The molecular weight excluding hydrogens is 262 g/mol. The lowest BCUT2D eigenvalue weighted by atomic mass is 10.1. The molecule has 112 valence electrons. The van der Waals surface area contributed by atoms with E-state index in [9.17, 15) is 10.2 Å². The maximum Gasteiger partial charge on any atom is 0.157 e. The van der Waals surface area contributed by atoms with Gasteiger partial charge in [0, 0.05) is 13.1 Å². The molecule has 0 aliphatic carbocycles. The van der Waals surface area contributed by atoms with Crippen molar-refractivity contribution in [3.63, 3.8) is 0 Å². The van der Waals surface area contributed by atoms with Crippen molar-refractivity contribution in [1.29, 1.82) is 0 Å². The van der Waals surface area contributed by atoms with Crippen molar-refractivity contribution >= 4 is 0 Å². The summed E-state index contributed by atoms with van der Waals surface area (Å²) >= 11 is 0. The molecule has 0 saturated heterocycles. The maximum absolute atomic E-state index is 9.54. The van der Waals surface area contributed by atoms with Crippen LogP contribution in [0, 0.1) is 0 Å². The smallest absolute Gasteiger partial charge is 0.157 e. The molecule has 0 unspecified atom stereocenters. The molecular formula is C18H23NO2. The lowest BCUT2D eigenvalue weighted by molar-refractivity contribution is 0.269. The van der Waals surface area contributed by atoms with Gasteiger partial charge in [-0.05, 0) is 42.6 Å². The van der Waals surface area contributed by atoms with Crippen molar-refractivity contribution in [1.82, 2.24) is 4.90 Å². The van der Waals surface area contributed by atoms with Crippen molar-refractivity contribution < 1.29 is 10.2 Å². The number of phenols is 2. The van der Waals surface area contributed by atoms with E-state index in [1.807, 2.05) is 12.1 Å². The van der Waals surface area contributed by atoms with Gasteiger partial charge in [-0.2, -0.15) is 0 Å². The summed E-state index contributed by atoms with van der Waals surface area (Å²) in [4.78, 5) is 2.42. The summed E-state index contributed by atoms with van der Waals surface area (Å²) in [7, 11) is 0. The molecule has 2 aromatic rings. The highest BCUT2D eigenvalue weighted by atomic mass is 16.3. The van der Waals surface area contributed by atoms with Gasteiger partial charge in [-0.25, -0.2) is 0 Å². The zero-order chi connectivity index (χ0) is 15.1. The van der Waals surface area contributed by atoms with E-state index >= 15 is 0 Å². The summed E-state index contributed by atoms with van der Waals surface area (Å²) in [5.74, 6) is -0.106. The zero-order valence-electron chi connectivity index (χ0n) is 12.5. The highest BCUT2D eigenvalue weighted by Gasteiger charge is 2.07. The highest BCUT2D eigenvalue weighted by Crippen LogP contribution is 2.25. The van der Waals surface area contributed by atoms with E-state index in [-0.39, 0.29) is 11.5 Å². The lowest BCUT2D eigenvalue weighted by Crippen LogP contribution is -2.26. The summed E-state index contributed by atoms with van der Waals surface area (Å²) in [6.45, 7) is 5.12. The van der Waals surface area contributed by atoms with Crippen LogP contribution < -0.4 is 0 Å². The molecule has 0 atom stereocenters. The number of rotatable bonds is 7. The second-order valence-electron chi connectivity index (χ2n) is 5.33. The van der Waals surface area contributed by atoms with E-state index in [1.165, 1.54) is 5.56 Å². The van der Waals surface area contributed by atoms with Crippen LogP contribution in [0.3, 0.4) is 0 Å². The normalized spacial score (nSPS) is 11.0. The van der Waals surface area contributed by atoms with Gasteiger partial charge in [-0.1, -0.05) is 43.3 Å². The molecule has 21 heavy (non-hydrogen) atoms. The molecule has 3 heteroatoms. The van der Waals surface area contributed by atoms with E-state index in [0.29, 0.717) is 0 Å². The zero-order valence-corrected chi connectivity index (χ0v) is 12.5. The van der Waals surface area contributed by atoms with Crippen LogP contribution in [-0.4, -0.2) is 28.2 Å². The molecule has 3 nitrogen and oxygen atoms in total. The summed E-state index contributed by atoms with van der Waals surface area (Å²) in [5.41, 5.74) is 2.36. The molecule has 0 aromatic heterocycles. The maximum atomic E-state index is 9.54. The summed E-state index contributed by atoms with van der Waals surface area (Å²) in [6, 6.07) is 15.5. The summed E-state index contributed by atoms with van der Waals surface area (Å²) in [6.07, 6.45) is 1.98. The van der Waals surface area contributed by atoms with Gasteiger partial charge in [0.15, 0.2) is 11.5 Å². The Morgan fingerprint density at radius 1 is 0.857 bits per heavy atom. The Balaban J connectivity index is 1.94. The SMILES string of the molecule is CCCN(CCc1ccc(O)c(O)c1)Cc1ccccc1. The Morgan fingerprint density at radius 3 is 2.29 bits per heavy atom. The van der Waals surface area contributed by atoms with Crippen LogP contribution in [0.2, 0.25) is 0 Å². The average Bonchev–Trinajstić information content (AvgIpc) is 2.49. The Hall–Kier alpha value is -2.00. The topological polar surface area (TPSA) is 43.7 Å². The Kier molecular flexibility index (Phi) is 5.64. The predicted molar refractivity (Wildman–Crippen MR) is 85.5 cm³/mol. The van der Waals surface area contributed by atoms with E-state index < -0.39 is 0 Å². The molecule has 0 aliphatic heterocycles. The standard InChI is InChI=1S/C18H23NO2/c1-2-11-19(14-16-6-4-3-5-7-16)12-10-15-8-9-17(20)18(21)13-15/h3-9,13,20-21H,2,10-12,14H2,1H3. The van der Waals surface area contributed by atoms with Gasteiger partial charge in [0.1, 0.15) is 0 Å². The van der Waals surface area contributed by atoms with Crippen molar-refractivity contribution in [2.24, 2.45) is 0 Å². The monoisotopic (exact) mass is 285 g/mol. The summed E-state index contributed by atoms with van der Waals surface area (Å²) in [5, 5.41) is 18.9. The average molecular weight is 285 g/mol. The van der Waals surface area contributed by atoms with Crippen molar-refractivity contribution in [3.8, 4) is 11.5 Å². The number of hydrogen-bond donors (Lipinski definition) is 2. The van der Waals surface area contributed by atoms with E-state index in [0.717, 1.165) is 38.0 Å². The Labute approximate surface area is 126 Å². The van der Waals surface area contributed by atoms with Crippen molar-refractivity contribution in [2.75, 3.05) is 13.1 Å². The first-order valence-corrected chi connectivity index (χ1v) is 7.46. The third-order valence-electron chi connectivity index (χ3n) is 3.55. The number of aromatic hydroxyl groups is 2. The molecule has 0 fully saturated rings. The minimum atomic E-state index is -0.0616. The number of benzene rings is 2. The van der Waals surface area contributed by atoms with Crippen LogP contribution >= 0.6 is 0 Å². The second-order valence-corrected chi connectivity index (χ2v) is 5.33. The molecule has 2 N–H and O–H groups in total. The molecule has 0 radical (unpaired) electrons. The molecule has 0 heterocycles. The van der Waals surface area contributed by atoms with E-state index in [1.54, 1.807) is 12.1 Å². The Morgan fingerprint density at radius 2 is 1.62 bits per heavy atom. The third kappa shape index (κ3) is 4.80. The minimum Gasteiger partial charge on any atom is -0.504 e. The first kappa shape index (κ1) is 15.4. The Bertz CT molecular complexity index is 554. The van der Waals surface area contributed by atoms with Crippen LogP contribution in [0.25, 0.3) is 0 Å². The molecule has 2 rings (SSSR count). The van der Waals surface area contributed by atoms with Crippen LogP contribution in [0.1, 0.15) is 24.5 Å². The minimum absolute atomic E-state index is 0.0439. The van der Waals surface area contributed by atoms with Gasteiger partial charge in [0.25, 0.3) is 0 Å². The fourth-order valence-electron chi connectivity index (χ4n) is 2.44. The van der Waals surface area contributed by atoms with Gasteiger partial charge in [0.05, 0.1) is 0 Å².